The van der Waals surface area contributed by atoms with Crippen LogP contribution in [0.5, 0.6) is 5.75 Å². The van der Waals surface area contributed by atoms with Gasteiger partial charge in [-0.05, 0) is 72.1 Å². The number of halogens is 1. The molecule has 8 heteroatoms. The van der Waals surface area contributed by atoms with Gasteiger partial charge in [0, 0.05) is 35.3 Å². The maximum absolute atomic E-state index is 14.3. The van der Waals surface area contributed by atoms with Crippen molar-refractivity contribution in [3.8, 4) is 16.9 Å². The number of alkyl halides is 1. The van der Waals surface area contributed by atoms with E-state index in [1.165, 1.54) is 0 Å². The number of carbonyl (C=O) groups excluding carboxylic acids is 1. The van der Waals surface area contributed by atoms with E-state index in [-0.39, 0.29) is 23.4 Å². The third-order valence-electron chi connectivity index (χ3n) is 7.54. The van der Waals surface area contributed by atoms with Gasteiger partial charge in [0.15, 0.2) is 0 Å². The number of pyridine rings is 2. The van der Waals surface area contributed by atoms with Gasteiger partial charge in [-0.2, -0.15) is 0 Å². The van der Waals surface area contributed by atoms with Gasteiger partial charge < -0.3 is 15.0 Å². The number of anilines is 2. The summed E-state index contributed by atoms with van der Waals surface area (Å²) in [4.78, 5) is 37.2. The van der Waals surface area contributed by atoms with Crippen molar-refractivity contribution in [2.45, 2.75) is 72.1 Å². The van der Waals surface area contributed by atoms with Gasteiger partial charge in [-0.15, -0.1) is 11.6 Å². The number of hydrogen-bond acceptors (Lipinski definition) is 4. The molecule has 2 aromatic carbocycles. The molecule has 0 bridgehead atoms. The molecule has 43 heavy (non-hydrogen) atoms. The Bertz CT molecular complexity index is 1570. The van der Waals surface area contributed by atoms with Crippen LogP contribution in [0.25, 0.3) is 22.2 Å². The molecule has 0 fully saturated rings. The lowest BCUT2D eigenvalue weighted by atomic mass is 9.92. The molecule has 0 atom stereocenters. The van der Waals surface area contributed by atoms with Crippen molar-refractivity contribution in [1.29, 1.82) is 0 Å². The van der Waals surface area contributed by atoms with Crippen LogP contribution >= 0.6 is 11.6 Å². The molecule has 2 aromatic heterocycles. The summed E-state index contributed by atoms with van der Waals surface area (Å²) in [5, 5.41) is 3.98. The minimum atomic E-state index is -0.373. The topological polar surface area (TPSA) is 87.3 Å². The van der Waals surface area contributed by atoms with E-state index in [0.29, 0.717) is 41.7 Å². The van der Waals surface area contributed by atoms with E-state index in [2.05, 4.69) is 62.0 Å². The summed E-state index contributed by atoms with van der Waals surface area (Å²) in [5.41, 5.74) is 4.73. The number of rotatable bonds is 13. The van der Waals surface area contributed by atoms with Gasteiger partial charge in [-0.1, -0.05) is 71.4 Å². The smallest absolute Gasteiger partial charge is 0.326 e. The van der Waals surface area contributed by atoms with Gasteiger partial charge in [0.05, 0.1) is 6.61 Å². The second-order valence-electron chi connectivity index (χ2n) is 11.4. The lowest BCUT2D eigenvalue weighted by Gasteiger charge is -2.28. The summed E-state index contributed by atoms with van der Waals surface area (Å²) in [6.07, 6.45) is 4.95. The van der Waals surface area contributed by atoms with Gasteiger partial charge in [0.1, 0.15) is 17.1 Å². The average Bonchev–Trinajstić information content (AvgIpc) is 2.99. The highest BCUT2D eigenvalue weighted by Gasteiger charge is 2.27. The fourth-order valence-electron chi connectivity index (χ4n) is 5.29. The second kappa shape index (κ2) is 15.1. The van der Waals surface area contributed by atoms with Crippen LogP contribution in [0.2, 0.25) is 0 Å². The predicted molar refractivity (Wildman–Crippen MR) is 179 cm³/mol. The molecule has 2 N–H and O–H groups in total. The van der Waals surface area contributed by atoms with Crippen molar-refractivity contribution in [3.05, 3.63) is 82.3 Å². The molecule has 0 radical (unpaired) electrons. The summed E-state index contributed by atoms with van der Waals surface area (Å²) in [6.45, 7) is 11.5. The van der Waals surface area contributed by atoms with Crippen LogP contribution < -0.4 is 20.5 Å². The summed E-state index contributed by atoms with van der Waals surface area (Å²) in [6, 6.07) is 17.2. The first-order valence-corrected chi connectivity index (χ1v) is 15.8. The van der Waals surface area contributed by atoms with Crippen LogP contribution in [0.15, 0.2) is 65.6 Å². The van der Waals surface area contributed by atoms with Gasteiger partial charge in [-0.3, -0.25) is 9.69 Å². The molecule has 0 aliphatic carbocycles. The first-order valence-electron chi connectivity index (χ1n) is 15.3. The van der Waals surface area contributed by atoms with E-state index in [0.717, 1.165) is 53.4 Å². The summed E-state index contributed by atoms with van der Waals surface area (Å²) in [7, 11) is 0. The molecule has 0 spiro atoms. The van der Waals surface area contributed by atoms with E-state index in [1.54, 1.807) is 11.1 Å². The molecule has 0 unspecified atom stereocenters. The molecule has 4 rings (SSSR count). The number of unbranched alkanes of at least 4 members (excludes halogenated alkanes) is 2. The molecule has 0 saturated carbocycles. The summed E-state index contributed by atoms with van der Waals surface area (Å²) in [5.74, 6) is 1.69. The Labute approximate surface area is 259 Å². The van der Waals surface area contributed by atoms with E-state index in [4.69, 9.17) is 16.3 Å². The molecule has 4 aromatic rings. The number of urea groups is 1. The first-order chi connectivity index (χ1) is 20.8. The number of benzene rings is 2. The number of amides is 2. The summed E-state index contributed by atoms with van der Waals surface area (Å²) >= 11 is 5.84. The Morgan fingerprint density at radius 1 is 1.00 bits per heavy atom. The molecule has 2 heterocycles. The van der Waals surface area contributed by atoms with Crippen molar-refractivity contribution in [2.75, 3.05) is 29.2 Å². The number of H-pyrrole nitrogens is 1. The third kappa shape index (κ3) is 7.57. The number of carbonyl (C=O) groups is 1. The van der Waals surface area contributed by atoms with Crippen molar-refractivity contribution in [1.82, 2.24) is 9.97 Å². The SMILES string of the molecule is CCCCN(C(=O)Nc1c(C(C)C)cccc1C(C)C)c1c(-c2cccc(OCCCCCl)c2)c2cccnc2[nH]c1=O. The lowest BCUT2D eigenvalue weighted by molar-refractivity contribution is 0.256. The van der Waals surface area contributed by atoms with Crippen LogP contribution in [-0.4, -0.2) is 35.0 Å². The predicted octanol–water partition coefficient (Wildman–Crippen LogP) is 9.07. The zero-order valence-electron chi connectivity index (χ0n) is 25.9. The third-order valence-corrected chi connectivity index (χ3v) is 7.80. The minimum Gasteiger partial charge on any atom is -0.494 e. The lowest BCUT2D eigenvalue weighted by Crippen LogP contribution is -2.40. The number of para-hydroxylation sites is 1. The molecular formula is C35H43ClN4O3. The standard InChI is InChI=1S/C35H43ClN4O3/c1-6-7-20-40(35(42)38-31-27(23(2)3)15-11-16-28(31)24(4)5)32-30(29-17-12-19-37-33(29)39-34(32)41)25-13-10-14-26(22-25)43-21-9-8-18-36/h10-17,19,22-24H,6-9,18,20-21H2,1-5H3,(H,38,42)(H,37,39,41). The molecule has 0 aliphatic heterocycles. The van der Waals surface area contributed by atoms with Crippen LogP contribution in [0.4, 0.5) is 16.2 Å². The number of ether oxygens (including phenoxy) is 1. The van der Waals surface area contributed by atoms with Crippen molar-refractivity contribution < 1.29 is 9.53 Å². The van der Waals surface area contributed by atoms with Crippen LogP contribution in [0, 0.1) is 0 Å². The quantitative estimate of drug-likeness (QED) is 0.118. The van der Waals surface area contributed by atoms with E-state index in [1.807, 2.05) is 42.5 Å². The maximum Gasteiger partial charge on any atom is 0.326 e. The Hall–Kier alpha value is -3.84. The Morgan fingerprint density at radius 2 is 1.72 bits per heavy atom. The zero-order chi connectivity index (χ0) is 30.9. The molecule has 2 amide bonds. The summed E-state index contributed by atoms with van der Waals surface area (Å²) < 4.78 is 6.02. The van der Waals surface area contributed by atoms with Crippen molar-refractivity contribution in [3.63, 3.8) is 0 Å². The van der Waals surface area contributed by atoms with E-state index in [9.17, 15) is 9.59 Å². The maximum atomic E-state index is 14.3. The first kappa shape index (κ1) is 32.1. The van der Waals surface area contributed by atoms with Crippen LogP contribution in [-0.2, 0) is 0 Å². The Kier molecular flexibility index (Phi) is 11.2. The number of hydrogen-bond donors (Lipinski definition) is 2. The van der Waals surface area contributed by atoms with E-state index >= 15 is 0 Å². The molecule has 7 nitrogen and oxygen atoms in total. The number of fused-ring (bicyclic) bond motifs is 1. The average molecular weight is 603 g/mol. The monoisotopic (exact) mass is 602 g/mol. The van der Waals surface area contributed by atoms with Crippen LogP contribution in [0.1, 0.15) is 83.3 Å². The highest BCUT2D eigenvalue weighted by atomic mass is 35.5. The zero-order valence-corrected chi connectivity index (χ0v) is 26.6. The normalized spacial score (nSPS) is 11.3. The molecule has 228 valence electrons. The number of aromatic amines is 1. The fraction of sp³-hybridized carbons (Fsp3) is 0.400. The highest BCUT2D eigenvalue weighted by Crippen LogP contribution is 2.37. The van der Waals surface area contributed by atoms with Gasteiger partial charge in [0.25, 0.3) is 5.56 Å². The fourth-order valence-corrected chi connectivity index (χ4v) is 5.48. The number of nitrogens with one attached hydrogen (secondary N) is 2. The van der Waals surface area contributed by atoms with Gasteiger partial charge in [0.2, 0.25) is 0 Å². The molecule has 0 aliphatic rings. The minimum absolute atomic E-state index is 0.205. The van der Waals surface area contributed by atoms with E-state index < -0.39 is 0 Å². The van der Waals surface area contributed by atoms with Crippen molar-refractivity contribution >= 4 is 40.0 Å². The highest BCUT2D eigenvalue weighted by molar-refractivity contribution is 6.17. The van der Waals surface area contributed by atoms with Crippen LogP contribution in [0.3, 0.4) is 0 Å². The van der Waals surface area contributed by atoms with Gasteiger partial charge in [-0.25, -0.2) is 9.78 Å². The number of nitrogens with zero attached hydrogens (tertiary/aromatic N) is 2. The molecule has 0 saturated heterocycles. The largest absolute Gasteiger partial charge is 0.494 e. The van der Waals surface area contributed by atoms with Gasteiger partial charge >= 0.3 is 6.03 Å². The number of aromatic nitrogens is 2. The molecular weight excluding hydrogens is 560 g/mol. The Morgan fingerprint density at radius 3 is 2.40 bits per heavy atom. The second-order valence-corrected chi connectivity index (χ2v) is 11.8. The van der Waals surface area contributed by atoms with Crippen molar-refractivity contribution in [2.24, 2.45) is 0 Å². The Balaban J connectivity index is 1.88.